The minimum absolute atomic E-state index is 0.0284. The van der Waals surface area contributed by atoms with Gasteiger partial charge in [0.2, 0.25) is 0 Å². The predicted molar refractivity (Wildman–Crippen MR) is 67.7 cm³/mol. The van der Waals surface area contributed by atoms with Crippen molar-refractivity contribution in [2.75, 3.05) is 14.2 Å². The van der Waals surface area contributed by atoms with E-state index in [4.69, 9.17) is 10.00 Å². The fourth-order valence-corrected chi connectivity index (χ4v) is 1.84. The van der Waals surface area contributed by atoms with Gasteiger partial charge in [0.15, 0.2) is 0 Å². The van der Waals surface area contributed by atoms with Crippen molar-refractivity contribution >= 4 is 0 Å². The molecule has 1 rings (SSSR count). The maximum Gasteiger partial charge on any atom is 0.102 e. The molecule has 0 aliphatic rings. The molecule has 1 aromatic heterocycles. The summed E-state index contributed by atoms with van der Waals surface area (Å²) in [7, 11) is 3.56. The lowest BCUT2D eigenvalue weighted by atomic mass is 10.2. The van der Waals surface area contributed by atoms with Crippen LogP contribution in [-0.2, 0) is 17.8 Å². The molecule has 0 saturated carbocycles. The van der Waals surface area contributed by atoms with Crippen molar-refractivity contribution in [3.8, 4) is 6.07 Å². The molecule has 0 spiro atoms. The number of aromatic nitrogens is 3. The number of nitrogens with zero attached hydrogens (tertiary/aromatic N) is 4. The molecule has 0 amide bonds. The van der Waals surface area contributed by atoms with Gasteiger partial charge >= 0.3 is 0 Å². The third-order valence-electron chi connectivity index (χ3n) is 2.84. The Morgan fingerprint density at radius 2 is 2.28 bits per heavy atom. The van der Waals surface area contributed by atoms with Crippen LogP contribution in [-0.4, -0.2) is 29.2 Å². The van der Waals surface area contributed by atoms with Crippen molar-refractivity contribution in [1.29, 1.82) is 5.26 Å². The molecule has 0 aliphatic heterocycles. The number of hydrogen-bond donors (Lipinski definition) is 1. The first-order valence-electron chi connectivity index (χ1n) is 6.21. The second-order valence-electron chi connectivity index (χ2n) is 4.17. The Bertz CT molecular complexity index is 396. The molecule has 0 radical (unpaired) electrons. The largest absolute Gasteiger partial charge is 0.375 e. The molecule has 1 heterocycles. The smallest absolute Gasteiger partial charge is 0.102 e. The minimum atomic E-state index is -0.0284. The van der Waals surface area contributed by atoms with Gasteiger partial charge in [0.25, 0.3) is 0 Å². The van der Waals surface area contributed by atoms with Gasteiger partial charge in [-0.15, -0.1) is 5.10 Å². The normalized spacial score (nSPS) is 12.3. The number of rotatable bonds is 8. The third-order valence-corrected chi connectivity index (χ3v) is 2.84. The summed E-state index contributed by atoms with van der Waals surface area (Å²) in [5.74, 6) is 0. The highest BCUT2D eigenvalue weighted by Gasteiger charge is 2.17. The summed E-state index contributed by atoms with van der Waals surface area (Å²) in [6.07, 6.45) is 2.38. The summed E-state index contributed by atoms with van der Waals surface area (Å²) in [5, 5.41) is 19.9. The van der Waals surface area contributed by atoms with Gasteiger partial charge in [0.1, 0.15) is 5.69 Å². The van der Waals surface area contributed by atoms with E-state index >= 15 is 0 Å². The topological polar surface area (TPSA) is 75.8 Å². The molecule has 1 aromatic rings. The van der Waals surface area contributed by atoms with Crippen molar-refractivity contribution in [3.63, 3.8) is 0 Å². The molecule has 0 aromatic carbocycles. The van der Waals surface area contributed by atoms with Crippen LogP contribution in [0.5, 0.6) is 0 Å². The third kappa shape index (κ3) is 3.79. The Morgan fingerprint density at radius 3 is 2.89 bits per heavy atom. The summed E-state index contributed by atoms with van der Waals surface area (Å²) in [6, 6.07) is 2.15. The molecule has 0 bridgehead atoms. The number of nitriles is 1. The van der Waals surface area contributed by atoms with Crippen molar-refractivity contribution in [2.24, 2.45) is 0 Å². The molecule has 0 saturated heterocycles. The Balaban J connectivity index is 2.74. The highest BCUT2D eigenvalue weighted by molar-refractivity contribution is 5.13. The summed E-state index contributed by atoms with van der Waals surface area (Å²) in [6.45, 7) is 3.45. The predicted octanol–water partition coefficient (Wildman–Crippen LogP) is 1.40. The van der Waals surface area contributed by atoms with Gasteiger partial charge in [-0.25, -0.2) is 4.68 Å². The summed E-state index contributed by atoms with van der Waals surface area (Å²) in [4.78, 5) is 0. The minimum Gasteiger partial charge on any atom is -0.375 e. The quantitative estimate of drug-likeness (QED) is 0.707. The van der Waals surface area contributed by atoms with Gasteiger partial charge < -0.3 is 10.1 Å². The van der Waals surface area contributed by atoms with Crippen LogP contribution >= 0.6 is 0 Å². The first-order valence-corrected chi connectivity index (χ1v) is 6.21. The van der Waals surface area contributed by atoms with E-state index in [9.17, 15) is 0 Å². The number of unbranched alkanes of at least 4 members (excludes halogenated alkanes) is 2. The zero-order chi connectivity index (χ0) is 13.4. The van der Waals surface area contributed by atoms with E-state index < -0.39 is 0 Å². The molecule has 6 nitrogen and oxygen atoms in total. The van der Waals surface area contributed by atoms with Crippen molar-refractivity contribution in [3.05, 3.63) is 11.4 Å². The van der Waals surface area contributed by atoms with E-state index in [0.29, 0.717) is 13.0 Å². The maximum atomic E-state index is 8.51. The van der Waals surface area contributed by atoms with E-state index in [1.54, 1.807) is 7.11 Å². The van der Waals surface area contributed by atoms with Gasteiger partial charge in [-0.3, -0.25) is 0 Å². The highest BCUT2D eigenvalue weighted by atomic mass is 16.5. The molecular weight excluding hydrogens is 230 g/mol. The highest BCUT2D eigenvalue weighted by Crippen LogP contribution is 2.19. The van der Waals surface area contributed by atoms with Crippen LogP contribution in [0.25, 0.3) is 0 Å². The van der Waals surface area contributed by atoms with Crippen LogP contribution in [0.4, 0.5) is 0 Å². The lowest BCUT2D eigenvalue weighted by Crippen LogP contribution is -2.13. The Labute approximate surface area is 108 Å². The standard InChI is InChI=1S/C12H21N5O/c1-10(18-3)12-11(9-14-2)15-16-17(12)8-6-4-5-7-13/h10,14H,4-6,8-9H2,1-3H3. The average molecular weight is 251 g/mol. The molecule has 1 atom stereocenters. The maximum absolute atomic E-state index is 8.51. The van der Waals surface area contributed by atoms with Crippen LogP contribution in [0.3, 0.4) is 0 Å². The summed E-state index contributed by atoms with van der Waals surface area (Å²) >= 11 is 0. The van der Waals surface area contributed by atoms with Crippen molar-refractivity contribution in [2.45, 2.75) is 45.4 Å². The molecule has 6 heteroatoms. The first-order chi connectivity index (χ1) is 8.74. The fourth-order valence-electron chi connectivity index (χ4n) is 1.84. The van der Waals surface area contributed by atoms with E-state index in [2.05, 4.69) is 21.7 Å². The monoisotopic (exact) mass is 251 g/mol. The lowest BCUT2D eigenvalue weighted by molar-refractivity contribution is 0.110. The molecule has 1 unspecified atom stereocenters. The van der Waals surface area contributed by atoms with E-state index in [1.165, 1.54) is 0 Å². The molecular formula is C12H21N5O. The number of nitrogens with one attached hydrogen (secondary N) is 1. The zero-order valence-electron chi connectivity index (χ0n) is 11.3. The van der Waals surface area contributed by atoms with Gasteiger partial charge in [0, 0.05) is 26.6 Å². The number of aryl methyl sites for hydroxylation is 1. The zero-order valence-corrected chi connectivity index (χ0v) is 11.3. The second kappa shape index (κ2) is 7.80. The van der Waals surface area contributed by atoms with Crippen molar-refractivity contribution in [1.82, 2.24) is 20.3 Å². The molecule has 100 valence electrons. The molecule has 0 fully saturated rings. The van der Waals surface area contributed by atoms with Crippen LogP contribution in [0.2, 0.25) is 0 Å². The Morgan fingerprint density at radius 1 is 1.50 bits per heavy atom. The van der Waals surface area contributed by atoms with Crippen LogP contribution in [0.1, 0.15) is 43.7 Å². The fraction of sp³-hybridized carbons (Fsp3) is 0.750. The number of methoxy groups -OCH3 is 1. The average Bonchev–Trinajstić information content (AvgIpc) is 2.77. The van der Waals surface area contributed by atoms with E-state index in [-0.39, 0.29) is 6.10 Å². The lowest BCUT2D eigenvalue weighted by Gasteiger charge is -2.13. The number of ether oxygens (including phenoxy) is 1. The number of hydrogen-bond acceptors (Lipinski definition) is 5. The van der Waals surface area contributed by atoms with E-state index in [0.717, 1.165) is 30.8 Å². The van der Waals surface area contributed by atoms with Crippen LogP contribution < -0.4 is 5.32 Å². The molecule has 18 heavy (non-hydrogen) atoms. The first kappa shape index (κ1) is 14.6. The van der Waals surface area contributed by atoms with Crippen LogP contribution in [0.15, 0.2) is 0 Å². The summed E-state index contributed by atoms with van der Waals surface area (Å²) in [5.41, 5.74) is 1.94. The summed E-state index contributed by atoms with van der Waals surface area (Å²) < 4.78 is 7.26. The van der Waals surface area contributed by atoms with Crippen LogP contribution in [0, 0.1) is 11.3 Å². The SMILES string of the molecule is CNCc1nnn(CCCCC#N)c1C(C)OC. The van der Waals surface area contributed by atoms with Gasteiger partial charge in [-0.1, -0.05) is 5.21 Å². The van der Waals surface area contributed by atoms with Gasteiger partial charge in [-0.05, 0) is 26.8 Å². The second-order valence-corrected chi connectivity index (χ2v) is 4.17. The van der Waals surface area contributed by atoms with Gasteiger partial charge in [0.05, 0.1) is 17.9 Å². The molecule has 1 N–H and O–H groups in total. The molecule has 0 aliphatic carbocycles. The van der Waals surface area contributed by atoms with E-state index in [1.807, 2.05) is 18.7 Å². The Kier molecular flexibility index (Phi) is 6.33. The Hall–Kier alpha value is -1.45. The van der Waals surface area contributed by atoms with Gasteiger partial charge in [-0.2, -0.15) is 5.26 Å². The van der Waals surface area contributed by atoms with Crippen molar-refractivity contribution < 1.29 is 4.74 Å².